The van der Waals surface area contributed by atoms with Gasteiger partial charge in [0.05, 0.1) is 5.41 Å². The van der Waals surface area contributed by atoms with Crippen molar-refractivity contribution in [2.45, 2.75) is 43.9 Å². The van der Waals surface area contributed by atoms with Crippen LogP contribution in [0.15, 0.2) is 36.4 Å². The molecule has 1 heterocycles. The Morgan fingerprint density at radius 1 is 1.32 bits per heavy atom. The molecule has 0 amide bonds. The van der Waals surface area contributed by atoms with E-state index < -0.39 is 11.4 Å². The van der Waals surface area contributed by atoms with Gasteiger partial charge in [-0.1, -0.05) is 36.7 Å². The molecule has 2 aromatic rings. The summed E-state index contributed by atoms with van der Waals surface area (Å²) in [6.45, 7) is 1.85. The molecule has 0 aliphatic heterocycles. The van der Waals surface area contributed by atoms with Gasteiger partial charge in [0.25, 0.3) is 0 Å². The fourth-order valence-electron chi connectivity index (χ4n) is 4.28. The third kappa shape index (κ3) is 2.54. The summed E-state index contributed by atoms with van der Waals surface area (Å²) in [7, 11) is 0. The molecular formula is C20H19ClFNO2. The van der Waals surface area contributed by atoms with Crippen molar-refractivity contribution in [3.05, 3.63) is 64.2 Å². The SMILES string of the molecule is CCC1(C(=O)O)C(c2cc(Cl)nc(C3CC3)c2)C1c1ccccc1F. The fourth-order valence-corrected chi connectivity index (χ4v) is 4.50. The molecule has 2 saturated carbocycles. The minimum absolute atomic E-state index is 0.287. The van der Waals surface area contributed by atoms with Crippen LogP contribution < -0.4 is 0 Å². The van der Waals surface area contributed by atoms with Gasteiger partial charge in [-0.15, -0.1) is 0 Å². The summed E-state index contributed by atoms with van der Waals surface area (Å²) in [5.41, 5.74) is 1.27. The smallest absolute Gasteiger partial charge is 0.310 e. The second-order valence-electron chi connectivity index (χ2n) is 7.10. The van der Waals surface area contributed by atoms with E-state index in [2.05, 4.69) is 4.98 Å². The van der Waals surface area contributed by atoms with Crippen LogP contribution in [-0.2, 0) is 4.79 Å². The number of carboxylic acid groups (broad SMARTS) is 1. The molecule has 0 saturated heterocycles. The lowest BCUT2D eigenvalue weighted by atomic mass is 9.94. The van der Waals surface area contributed by atoms with Crippen molar-refractivity contribution < 1.29 is 14.3 Å². The maximum atomic E-state index is 14.4. The van der Waals surface area contributed by atoms with Crippen LogP contribution in [0.5, 0.6) is 0 Å². The zero-order valence-electron chi connectivity index (χ0n) is 13.9. The first-order valence-electron chi connectivity index (χ1n) is 8.64. The van der Waals surface area contributed by atoms with Gasteiger partial charge in [0, 0.05) is 23.4 Å². The van der Waals surface area contributed by atoms with Crippen LogP contribution in [0.3, 0.4) is 0 Å². The number of carboxylic acids is 1. The molecule has 1 N–H and O–H groups in total. The average Bonchev–Trinajstić information content (AvgIpc) is 3.47. The highest BCUT2D eigenvalue weighted by Gasteiger charge is 2.70. The van der Waals surface area contributed by atoms with E-state index in [4.69, 9.17) is 11.6 Å². The van der Waals surface area contributed by atoms with Crippen molar-refractivity contribution in [1.29, 1.82) is 0 Å². The van der Waals surface area contributed by atoms with Crippen molar-refractivity contribution in [2.75, 3.05) is 0 Å². The van der Waals surface area contributed by atoms with E-state index in [1.54, 1.807) is 24.3 Å². The number of aromatic nitrogens is 1. The second-order valence-corrected chi connectivity index (χ2v) is 7.49. The highest BCUT2D eigenvalue weighted by atomic mass is 35.5. The Balaban J connectivity index is 1.82. The molecule has 0 bridgehead atoms. The Labute approximate surface area is 150 Å². The predicted molar refractivity (Wildman–Crippen MR) is 93.5 cm³/mol. The van der Waals surface area contributed by atoms with Crippen molar-refractivity contribution in [3.63, 3.8) is 0 Å². The van der Waals surface area contributed by atoms with Gasteiger partial charge < -0.3 is 5.11 Å². The molecular weight excluding hydrogens is 341 g/mol. The van der Waals surface area contributed by atoms with E-state index in [1.807, 2.05) is 13.0 Å². The van der Waals surface area contributed by atoms with E-state index in [0.717, 1.165) is 24.1 Å². The lowest BCUT2D eigenvalue weighted by molar-refractivity contribution is -0.143. The summed E-state index contributed by atoms with van der Waals surface area (Å²) in [4.78, 5) is 16.5. The highest BCUT2D eigenvalue weighted by Crippen LogP contribution is 2.72. The van der Waals surface area contributed by atoms with Gasteiger partial charge in [0.15, 0.2) is 0 Å². The summed E-state index contributed by atoms with van der Waals surface area (Å²) >= 11 is 6.20. The molecule has 1 aromatic carbocycles. The van der Waals surface area contributed by atoms with Crippen molar-refractivity contribution in [3.8, 4) is 0 Å². The third-order valence-electron chi connectivity index (χ3n) is 5.75. The molecule has 1 aromatic heterocycles. The summed E-state index contributed by atoms with van der Waals surface area (Å²) in [6.07, 6.45) is 2.61. The largest absolute Gasteiger partial charge is 0.481 e. The molecule has 130 valence electrons. The Bertz CT molecular complexity index is 851. The fraction of sp³-hybridized carbons (Fsp3) is 0.400. The number of pyridine rings is 1. The van der Waals surface area contributed by atoms with Crippen molar-refractivity contribution >= 4 is 17.6 Å². The van der Waals surface area contributed by atoms with Crippen LogP contribution in [0.25, 0.3) is 0 Å². The zero-order chi connectivity index (χ0) is 17.8. The van der Waals surface area contributed by atoms with Gasteiger partial charge in [-0.05, 0) is 48.6 Å². The Kier molecular flexibility index (Phi) is 3.84. The Morgan fingerprint density at radius 3 is 2.64 bits per heavy atom. The number of halogens is 2. The summed E-state index contributed by atoms with van der Waals surface area (Å²) in [5.74, 6) is -1.48. The molecule has 2 fully saturated rings. The van der Waals surface area contributed by atoms with Crippen LogP contribution in [0.2, 0.25) is 5.15 Å². The van der Waals surface area contributed by atoms with Gasteiger partial charge in [0.2, 0.25) is 0 Å². The number of hydrogen-bond acceptors (Lipinski definition) is 2. The normalized spacial score (nSPS) is 28.0. The van der Waals surface area contributed by atoms with Crippen molar-refractivity contribution in [2.24, 2.45) is 5.41 Å². The minimum Gasteiger partial charge on any atom is -0.481 e. The third-order valence-corrected chi connectivity index (χ3v) is 5.94. The maximum Gasteiger partial charge on any atom is 0.310 e. The van der Waals surface area contributed by atoms with E-state index in [-0.39, 0.29) is 17.7 Å². The topological polar surface area (TPSA) is 50.2 Å². The molecule has 3 nitrogen and oxygen atoms in total. The van der Waals surface area contributed by atoms with Gasteiger partial charge in [-0.2, -0.15) is 0 Å². The van der Waals surface area contributed by atoms with E-state index >= 15 is 0 Å². The summed E-state index contributed by atoms with van der Waals surface area (Å²) in [5, 5.41) is 10.3. The molecule has 2 aliphatic carbocycles. The quantitative estimate of drug-likeness (QED) is 0.754. The first kappa shape index (κ1) is 16.5. The number of nitrogens with zero attached hydrogens (tertiary/aromatic N) is 1. The number of rotatable bonds is 5. The average molecular weight is 360 g/mol. The second kappa shape index (κ2) is 5.80. The molecule has 2 aliphatic rings. The van der Waals surface area contributed by atoms with Gasteiger partial charge in [-0.25, -0.2) is 9.37 Å². The lowest BCUT2D eigenvalue weighted by Crippen LogP contribution is -2.18. The molecule has 25 heavy (non-hydrogen) atoms. The van der Waals surface area contributed by atoms with Crippen LogP contribution in [0.1, 0.15) is 60.8 Å². The van der Waals surface area contributed by atoms with E-state index in [0.29, 0.717) is 23.1 Å². The minimum atomic E-state index is -0.992. The maximum absolute atomic E-state index is 14.4. The molecule has 4 rings (SSSR count). The van der Waals surface area contributed by atoms with Crippen LogP contribution in [-0.4, -0.2) is 16.1 Å². The van der Waals surface area contributed by atoms with E-state index in [1.165, 1.54) is 6.07 Å². The zero-order valence-corrected chi connectivity index (χ0v) is 14.6. The monoisotopic (exact) mass is 359 g/mol. The number of benzene rings is 1. The number of carbonyl (C=O) groups is 1. The Hall–Kier alpha value is -1.94. The van der Waals surface area contributed by atoms with Crippen molar-refractivity contribution in [1.82, 2.24) is 4.98 Å². The Morgan fingerprint density at radius 2 is 2.04 bits per heavy atom. The standard InChI is InChI=1S/C20H19ClFNO2/c1-2-20(19(24)25)17(18(20)13-5-3-4-6-14(13)22)12-9-15(11-7-8-11)23-16(21)10-12/h3-6,9-11,17-18H,2,7-8H2,1H3,(H,24,25). The molecule has 0 spiro atoms. The van der Waals surface area contributed by atoms with Crippen LogP contribution in [0, 0.1) is 11.2 Å². The van der Waals surface area contributed by atoms with E-state index in [9.17, 15) is 14.3 Å². The lowest BCUT2D eigenvalue weighted by Gasteiger charge is -2.11. The predicted octanol–water partition coefficient (Wildman–Crippen LogP) is 5.11. The molecule has 3 atom stereocenters. The first-order valence-corrected chi connectivity index (χ1v) is 9.02. The first-order chi connectivity index (χ1) is 12.0. The highest BCUT2D eigenvalue weighted by molar-refractivity contribution is 6.29. The molecule has 0 radical (unpaired) electrons. The van der Waals surface area contributed by atoms with Crippen LogP contribution >= 0.6 is 11.6 Å². The number of hydrogen-bond donors (Lipinski definition) is 1. The van der Waals surface area contributed by atoms with Gasteiger partial charge >= 0.3 is 5.97 Å². The van der Waals surface area contributed by atoms with Gasteiger partial charge in [-0.3, -0.25) is 4.79 Å². The number of aliphatic carboxylic acids is 1. The summed E-state index contributed by atoms with van der Waals surface area (Å²) < 4.78 is 14.4. The van der Waals surface area contributed by atoms with Crippen LogP contribution in [0.4, 0.5) is 4.39 Å². The molecule has 5 heteroatoms. The summed E-state index contributed by atoms with van der Waals surface area (Å²) in [6, 6.07) is 10.2. The van der Waals surface area contributed by atoms with Gasteiger partial charge in [0.1, 0.15) is 11.0 Å². The molecule has 3 unspecified atom stereocenters.